The van der Waals surface area contributed by atoms with Crippen molar-refractivity contribution >= 4 is 34.3 Å². The molecule has 0 bridgehead atoms. The number of rotatable bonds is 12. The third-order valence-electron chi connectivity index (χ3n) is 8.29. The summed E-state index contributed by atoms with van der Waals surface area (Å²) in [6.07, 6.45) is 13.3. The molecule has 1 fully saturated rings. The van der Waals surface area contributed by atoms with Gasteiger partial charge in [-0.05, 0) is 67.5 Å². The van der Waals surface area contributed by atoms with Crippen molar-refractivity contribution in [2.24, 2.45) is 0 Å². The molecule has 3 heterocycles. The molecule has 202 valence electrons. The van der Waals surface area contributed by atoms with Gasteiger partial charge in [0.1, 0.15) is 5.58 Å². The van der Waals surface area contributed by atoms with E-state index in [0.29, 0.717) is 12.5 Å². The fourth-order valence-electron chi connectivity index (χ4n) is 6.13. The van der Waals surface area contributed by atoms with Crippen LogP contribution >= 0.6 is 11.8 Å². The van der Waals surface area contributed by atoms with Gasteiger partial charge in [0.05, 0.1) is 5.92 Å². The maximum Gasteiger partial charge on any atom is 0.310 e. The van der Waals surface area contributed by atoms with Gasteiger partial charge in [-0.1, -0.05) is 93.3 Å². The van der Waals surface area contributed by atoms with E-state index in [1.807, 2.05) is 12.1 Å². The molecule has 4 nitrogen and oxygen atoms in total. The van der Waals surface area contributed by atoms with E-state index in [1.165, 1.54) is 42.5 Å². The highest BCUT2D eigenvalue weighted by molar-refractivity contribution is 7.99. The average molecular weight is 532 g/mol. The molecule has 2 aliphatic heterocycles. The van der Waals surface area contributed by atoms with Gasteiger partial charge in [-0.25, -0.2) is 0 Å². The van der Waals surface area contributed by atoms with Crippen LogP contribution in [0.25, 0.3) is 16.5 Å². The van der Waals surface area contributed by atoms with Crippen LogP contribution in [-0.2, 0) is 11.2 Å². The maximum atomic E-state index is 12.3. The molecule has 2 aliphatic rings. The predicted octanol–water partition coefficient (Wildman–Crippen LogP) is 8.55. The maximum absolute atomic E-state index is 12.3. The third-order valence-corrected chi connectivity index (χ3v) is 9.25. The third kappa shape index (κ3) is 6.38. The van der Waals surface area contributed by atoms with Crippen molar-refractivity contribution in [3.8, 4) is 0 Å². The first-order valence-corrected chi connectivity index (χ1v) is 15.5. The summed E-state index contributed by atoms with van der Waals surface area (Å²) in [5.41, 5.74) is 5.69. The number of hydrogen-bond acceptors (Lipinski definition) is 4. The number of thioether (sulfide) groups is 1. The molecule has 3 aromatic rings. The van der Waals surface area contributed by atoms with Gasteiger partial charge in [-0.3, -0.25) is 9.69 Å². The second kappa shape index (κ2) is 13.0. The molecule has 2 aromatic carbocycles. The summed E-state index contributed by atoms with van der Waals surface area (Å²) in [7, 11) is 0. The zero-order valence-corrected chi connectivity index (χ0v) is 23.5. The Morgan fingerprint density at radius 2 is 2.00 bits per heavy atom. The molecule has 0 spiro atoms. The highest BCUT2D eigenvalue weighted by Crippen LogP contribution is 2.43. The van der Waals surface area contributed by atoms with Crippen molar-refractivity contribution in [2.75, 3.05) is 18.8 Å². The fourth-order valence-corrected chi connectivity index (χ4v) is 7.19. The van der Waals surface area contributed by atoms with E-state index >= 15 is 0 Å². The molecule has 1 aromatic heterocycles. The first kappa shape index (κ1) is 27.1. The highest BCUT2D eigenvalue weighted by atomic mass is 32.2. The van der Waals surface area contributed by atoms with Crippen LogP contribution in [0.15, 0.2) is 64.1 Å². The lowest BCUT2D eigenvalue weighted by molar-refractivity contribution is -0.139. The molecule has 38 heavy (non-hydrogen) atoms. The normalized spacial score (nSPS) is 18.8. The minimum absolute atomic E-state index is 0.470. The molecular formula is C33H41NO3S. The molecule has 1 saturated heterocycles. The van der Waals surface area contributed by atoms with Gasteiger partial charge in [0.2, 0.25) is 0 Å². The summed E-state index contributed by atoms with van der Waals surface area (Å²) in [5, 5.41) is 12.2. The summed E-state index contributed by atoms with van der Waals surface area (Å²) in [4.78, 5) is 14.9. The van der Waals surface area contributed by atoms with Crippen LogP contribution in [0, 0.1) is 0 Å². The van der Waals surface area contributed by atoms with Gasteiger partial charge in [0.15, 0.2) is 5.09 Å². The minimum atomic E-state index is -0.724. The summed E-state index contributed by atoms with van der Waals surface area (Å²) in [6, 6.07) is 17.3. The molecule has 0 aliphatic carbocycles. The molecule has 5 heteroatoms. The molecular weight excluding hydrogens is 490 g/mol. The summed E-state index contributed by atoms with van der Waals surface area (Å²) >= 11 is 1.79. The lowest BCUT2D eigenvalue weighted by Crippen LogP contribution is -2.41. The molecule has 1 N–H and O–H groups in total. The second-order valence-corrected chi connectivity index (χ2v) is 12.0. The van der Waals surface area contributed by atoms with Crippen molar-refractivity contribution in [3.05, 3.63) is 71.3 Å². The number of nitrogens with zero attached hydrogens (tertiary/aromatic N) is 1. The Bertz CT molecular complexity index is 1250. The largest absolute Gasteiger partial charge is 0.481 e. The molecule has 2 unspecified atom stereocenters. The number of carboxylic acids is 1. The quantitative estimate of drug-likeness (QED) is 0.187. The SMILES string of the molecule is CCCCCCC(C(=O)O)c1ccc2oc(SCCc3ccccc3)c(C3=CCN4CCCCC4C3)c2c1. The minimum Gasteiger partial charge on any atom is -0.481 e. The Morgan fingerprint density at radius 3 is 2.82 bits per heavy atom. The number of piperidine rings is 1. The van der Waals surface area contributed by atoms with Crippen LogP contribution in [0.2, 0.25) is 0 Å². The van der Waals surface area contributed by atoms with Crippen LogP contribution in [0.4, 0.5) is 0 Å². The number of unbranched alkanes of at least 4 members (excludes halogenated alkanes) is 3. The molecule has 0 amide bonds. The van der Waals surface area contributed by atoms with Crippen LogP contribution < -0.4 is 0 Å². The first-order chi connectivity index (χ1) is 18.6. The Balaban J connectivity index is 1.46. The zero-order valence-electron chi connectivity index (χ0n) is 22.7. The molecule has 5 rings (SSSR count). The van der Waals surface area contributed by atoms with Crippen molar-refractivity contribution < 1.29 is 14.3 Å². The monoisotopic (exact) mass is 531 g/mol. The van der Waals surface area contributed by atoms with E-state index in [1.54, 1.807) is 11.8 Å². The lowest BCUT2D eigenvalue weighted by Gasteiger charge is -2.38. The van der Waals surface area contributed by atoms with E-state index < -0.39 is 11.9 Å². The van der Waals surface area contributed by atoms with Crippen LogP contribution in [0.5, 0.6) is 0 Å². The zero-order chi connectivity index (χ0) is 26.3. The van der Waals surface area contributed by atoms with Gasteiger partial charge >= 0.3 is 5.97 Å². The van der Waals surface area contributed by atoms with Crippen molar-refractivity contribution in [2.45, 2.75) is 88.2 Å². The van der Waals surface area contributed by atoms with Crippen molar-refractivity contribution in [1.29, 1.82) is 0 Å². The number of aliphatic carboxylic acids is 1. The Morgan fingerprint density at radius 1 is 1.13 bits per heavy atom. The summed E-state index contributed by atoms with van der Waals surface area (Å²) in [6.45, 7) is 4.38. The van der Waals surface area contributed by atoms with E-state index in [-0.39, 0.29) is 0 Å². The molecule has 2 atom stereocenters. The van der Waals surface area contributed by atoms with Crippen LogP contribution in [0.1, 0.15) is 87.3 Å². The van der Waals surface area contributed by atoms with Crippen LogP contribution in [0.3, 0.4) is 0 Å². The van der Waals surface area contributed by atoms with E-state index in [4.69, 9.17) is 4.42 Å². The average Bonchev–Trinajstić information content (AvgIpc) is 3.30. The fraction of sp³-hybridized carbons (Fsp3) is 0.485. The smallest absolute Gasteiger partial charge is 0.310 e. The topological polar surface area (TPSA) is 53.7 Å². The van der Waals surface area contributed by atoms with Crippen molar-refractivity contribution in [3.63, 3.8) is 0 Å². The summed E-state index contributed by atoms with van der Waals surface area (Å²) < 4.78 is 6.50. The standard InChI is InChI=1S/C33H41NO3S/c1-2-3-4-8-14-28(32(35)36)25-15-16-30-29(23-25)31(26-17-20-34-19-10-9-13-27(34)22-26)33(37-30)38-21-18-24-11-6-5-7-12-24/h5-7,11-12,15-17,23,27-28H,2-4,8-10,13-14,18-22H2,1H3,(H,35,36). The van der Waals surface area contributed by atoms with Gasteiger partial charge in [0, 0.05) is 29.3 Å². The number of carboxylic acid groups (broad SMARTS) is 1. The Kier molecular flexibility index (Phi) is 9.29. The molecule has 0 saturated carbocycles. The predicted molar refractivity (Wildman–Crippen MR) is 158 cm³/mol. The summed E-state index contributed by atoms with van der Waals surface area (Å²) in [5.74, 6) is -0.248. The second-order valence-electron chi connectivity index (χ2n) is 10.9. The molecule has 0 radical (unpaired) electrons. The van der Waals surface area contributed by atoms with E-state index in [0.717, 1.165) is 72.4 Å². The van der Waals surface area contributed by atoms with Gasteiger partial charge in [-0.2, -0.15) is 0 Å². The number of hydrogen-bond donors (Lipinski definition) is 1. The Hall–Kier alpha value is -2.50. The number of benzene rings is 2. The van der Waals surface area contributed by atoms with E-state index in [9.17, 15) is 9.90 Å². The highest BCUT2D eigenvalue weighted by Gasteiger charge is 2.30. The van der Waals surface area contributed by atoms with E-state index in [2.05, 4.69) is 54.3 Å². The van der Waals surface area contributed by atoms with Crippen LogP contribution in [-0.4, -0.2) is 40.9 Å². The number of aryl methyl sites for hydroxylation is 1. The number of carbonyl (C=O) groups is 1. The lowest BCUT2D eigenvalue weighted by atomic mass is 9.87. The number of furan rings is 1. The first-order valence-electron chi connectivity index (χ1n) is 14.5. The van der Waals surface area contributed by atoms with Gasteiger partial charge in [-0.15, -0.1) is 0 Å². The van der Waals surface area contributed by atoms with Gasteiger partial charge in [0.25, 0.3) is 0 Å². The number of fused-ring (bicyclic) bond motifs is 2. The van der Waals surface area contributed by atoms with Gasteiger partial charge < -0.3 is 9.52 Å². The Labute approximate surface area is 231 Å². The van der Waals surface area contributed by atoms with Crippen molar-refractivity contribution in [1.82, 2.24) is 4.90 Å².